The molecule has 368 valence electrons. The van der Waals surface area contributed by atoms with E-state index in [0.717, 1.165) is 73.1 Å². The molecular weight excluding hydrogens is 980 g/mol. The predicted molar refractivity (Wildman–Crippen MR) is 266 cm³/mol. The highest BCUT2D eigenvalue weighted by molar-refractivity contribution is 7.88. The Morgan fingerprint density at radius 2 is 1.14 bits per heavy atom. The number of aromatic nitrogens is 6. The van der Waals surface area contributed by atoms with Crippen molar-refractivity contribution in [1.82, 2.24) is 43.3 Å². The molecule has 4 fully saturated rings. The highest BCUT2D eigenvalue weighted by Crippen LogP contribution is 2.43. The van der Waals surface area contributed by atoms with Gasteiger partial charge in [0, 0.05) is 65.9 Å². The summed E-state index contributed by atoms with van der Waals surface area (Å²) in [5.74, 6) is 2.94. The third kappa shape index (κ3) is 8.91. The second-order valence-corrected chi connectivity index (χ2v) is 23.6. The monoisotopic (exact) mass is 1030 g/mol. The van der Waals surface area contributed by atoms with Crippen molar-refractivity contribution >= 4 is 82.8 Å². The number of benzene rings is 3. The minimum Gasteiger partial charge on any atom is -0.361 e. The Labute approximate surface area is 415 Å². The molecular formula is C48H52Cl2N10O8S2. The number of nitrogens with one attached hydrogen (secondary N) is 1. The number of nitrogens with zero attached hydrogens (tertiary/aromatic N) is 9. The van der Waals surface area contributed by atoms with E-state index in [-0.39, 0.29) is 36.0 Å². The van der Waals surface area contributed by atoms with Crippen molar-refractivity contribution in [2.75, 3.05) is 43.6 Å². The number of aryl methyl sites for hydroxylation is 4. The van der Waals surface area contributed by atoms with Crippen LogP contribution in [0.5, 0.6) is 0 Å². The molecule has 18 nitrogen and oxygen atoms in total. The summed E-state index contributed by atoms with van der Waals surface area (Å²) in [5.41, 5.74) is 9.38. The summed E-state index contributed by atoms with van der Waals surface area (Å²) in [6.45, 7) is 9.22. The summed E-state index contributed by atoms with van der Waals surface area (Å²) in [6, 6.07) is 16.5. The molecule has 0 spiro atoms. The van der Waals surface area contributed by atoms with Crippen LogP contribution in [0.2, 0.25) is 10.0 Å². The van der Waals surface area contributed by atoms with Crippen LogP contribution in [-0.2, 0) is 29.6 Å². The van der Waals surface area contributed by atoms with Crippen LogP contribution >= 0.6 is 23.2 Å². The molecule has 0 unspecified atom stereocenters. The van der Waals surface area contributed by atoms with Gasteiger partial charge in [0.05, 0.1) is 70.1 Å². The van der Waals surface area contributed by atoms with Gasteiger partial charge in [-0.15, -0.1) is 0 Å². The van der Waals surface area contributed by atoms with Gasteiger partial charge in [-0.05, 0) is 107 Å². The van der Waals surface area contributed by atoms with Crippen LogP contribution in [0.4, 0.5) is 5.69 Å². The molecule has 3 aromatic carbocycles. The van der Waals surface area contributed by atoms with E-state index in [0.29, 0.717) is 86.3 Å². The van der Waals surface area contributed by atoms with Crippen molar-refractivity contribution < 1.29 is 35.5 Å². The average Bonchev–Trinajstić information content (AvgIpc) is 4.15. The lowest BCUT2D eigenvalue weighted by Gasteiger charge is -2.27. The number of rotatable bonds is 9. The number of hydrogen-bond donors (Lipinski definition) is 1. The Balaban J connectivity index is 0.000000166. The number of fused-ring (bicyclic) bond motifs is 2. The molecule has 7 aromatic rings. The van der Waals surface area contributed by atoms with Gasteiger partial charge in [-0.3, -0.25) is 9.59 Å². The maximum absolute atomic E-state index is 13.2. The van der Waals surface area contributed by atoms with Crippen molar-refractivity contribution in [1.29, 1.82) is 0 Å². The lowest BCUT2D eigenvalue weighted by atomic mass is 10.0. The highest BCUT2D eigenvalue weighted by Gasteiger charge is 2.41. The Hall–Kier alpha value is -5.64. The van der Waals surface area contributed by atoms with Gasteiger partial charge in [0.1, 0.15) is 23.2 Å². The van der Waals surface area contributed by atoms with Gasteiger partial charge in [0.15, 0.2) is 0 Å². The number of sulfonamides is 2. The maximum Gasteiger partial charge on any atom is 0.227 e. The van der Waals surface area contributed by atoms with E-state index in [2.05, 4.69) is 24.8 Å². The summed E-state index contributed by atoms with van der Waals surface area (Å²) in [6.07, 6.45) is 5.89. The third-order valence-electron chi connectivity index (χ3n) is 13.9. The summed E-state index contributed by atoms with van der Waals surface area (Å²) < 4.78 is 66.8. The third-order valence-corrected chi connectivity index (χ3v) is 16.9. The summed E-state index contributed by atoms with van der Waals surface area (Å²) >= 11 is 12.6. The summed E-state index contributed by atoms with van der Waals surface area (Å²) in [7, 11) is -6.60. The zero-order chi connectivity index (χ0) is 49.6. The van der Waals surface area contributed by atoms with Crippen molar-refractivity contribution in [2.24, 2.45) is 0 Å². The van der Waals surface area contributed by atoms with E-state index in [1.54, 1.807) is 23.1 Å². The number of amides is 2. The first-order chi connectivity index (χ1) is 33.2. The van der Waals surface area contributed by atoms with Gasteiger partial charge in [-0.1, -0.05) is 45.6 Å². The summed E-state index contributed by atoms with van der Waals surface area (Å²) in [4.78, 5) is 36.8. The number of halogens is 2. The Morgan fingerprint density at radius 3 is 1.59 bits per heavy atom. The minimum atomic E-state index is -3.34. The first kappa shape index (κ1) is 48.0. The quantitative estimate of drug-likeness (QED) is 0.145. The van der Waals surface area contributed by atoms with Gasteiger partial charge in [0.25, 0.3) is 0 Å². The molecule has 4 atom stereocenters. The fourth-order valence-electron chi connectivity index (χ4n) is 10.8. The van der Waals surface area contributed by atoms with Crippen molar-refractivity contribution in [3.05, 3.63) is 99.2 Å². The highest BCUT2D eigenvalue weighted by atomic mass is 35.5. The second-order valence-electron chi connectivity index (χ2n) is 18.7. The molecule has 22 heteroatoms. The van der Waals surface area contributed by atoms with Crippen LogP contribution in [0.25, 0.3) is 44.3 Å². The molecule has 2 amide bonds. The van der Waals surface area contributed by atoms with Crippen molar-refractivity contribution in [3.8, 4) is 22.3 Å². The molecule has 4 aliphatic heterocycles. The Bertz CT molecular complexity index is 3420. The number of imidazole rings is 2. The van der Waals surface area contributed by atoms with Crippen LogP contribution in [0.3, 0.4) is 0 Å². The topological polar surface area (TPSA) is 212 Å². The molecule has 70 heavy (non-hydrogen) atoms. The Morgan fingerprint density at radius 1 is 0.643 bits per heavy atom. The molecule has 4 saturated heterocycles. The largest absolute Gasteiger partial charge is 0.361 e. The smallest absolute Gasteiger partial charge is 0.227 e. The standard InChI is InChI=1S/C27H27Cl2N5O4S.C21H25N5O4S/c1-15-26(16(2)38-31-15)17-4-5-23-22(10-17)30-27(34(23)20-8-9-32(14-20)39(3,36)37)24-6-7-25(35)33(24)21-12-18(28)11-19(29)13-21;1-12-20(13(2)30-24-12)14-4-6-18-17(10-14)23-21(16-5-7-19(27)22-16)26(18)15-8-9-25(11-15)31(3,28)29/h4-5,10-13,20,24H,6-9,14H2,1-3H3;4,6,10,15-16H,5,7-9,11H2,1-3H3,(H,22,27)/t20-,24-;15-,16-/m11/s1. The lowest BCUT2D eigenvalue weighted by molar-refractivity contribution is -0.119. The molecule has 0 radical (unpaired) electrons. The molecule has 0 bridgehead atoms. The normalized spacial score (nSPS) is 21.4. The molecule has 4 aliphatic rings. The fraction of sp³-hybridized carbons (Fsp3) is 0.417. The Kier molecular flexibility index (Phi) is 12.5. The molecule has 8 heterocycles. The average molecular weight is 1030 g/mol. The zero-order valence-corrected chi connectivity index (χ0v) is 42.6. The lowest BCUT2D eigenvalue weighted by Crippen LogP contribution is -2.31. The van der Waals surface area contributed by atoms with Crippen molar-refractivity contribution in [3.63, 3.8) is 0 Å². The molecule has 0 saturated carbocycles. The number of anilines is 1. The molecule has 4 aromatic heterocycles. The molecule has 11 rings (SSSR count). The van der Waals surface area contributed by atoms with Gasteiger partial charge in [-0.2, -0.15) is 0 Å². The van der Waals surface area contributed by atoms with Crippen LogP contribution in [-0.4, -0.2) is 105 Å². The van der Waals surface area contributed by atoms with E-state index in [1.165, 1.54) is 21.1 Å². The molecule has 0 aliphatic carbocycles. The van der Waals surface area contributed by atoms with Crippen LogP contribution in [0.15, 0.2) is 63.6 Å². The minimum absolute atomic E-state index is 0.0178. The van der Waals surface area contributed by atoms with E-state index in [9.17, 15) is 26.4 Å². The van der Waals surface area contributed by atoms with Crippen LogP contribution in [0, 0.1) is 27.7 Å². The molecule has 1 N–H and O–H groups in total. The number of carbonyl (C=O) groups excluding carboxylic acids is 2. The van der Waals surface area contributed by atoms with E-state index >= 15 is 0 Å². The number of carbonyl (C=O) groups is 2. The predicted octanol–water partition coefficient (Wildman–Crippen LogP) is 8.16. The van der Waals surface area contributed by atoms with Gasteiger partial charge in [0.2, 0.25) is 31.9 Å². The van der Waals surface area contributed by atoms with Gasteiger partial charge >= 0.3 is 0 Å². The first-order valence-corrected chi connectivity index (χ1v) is 27.6. The van der Waals surface area contributed by atoms with E-state index in [4.69, 9.17) is 42.2 Å². The van der Waals surface area contributed by atoms with Crippen LogP contribution in [0.1, 0.15) is 97.2 Å². The maximum atomic E-state index is 13.2. The first-order valence-electron chi connectivity index (χ1n) is 23.1. The summed E-state index contributed by atoms with van der Waals surface area (Å²) in [5, 5.41) is 12.0. The number of hydrogen-bond acceptors (Lipinski definition) is 12. The fourth-order valence-corrected chi connectivity index (χ4v) is 13.0. The van der Waals surface area contributed by atoms with Crippen LogP contribution < -0.4 is 10.2 Å². The zero-order valence-electron chi connectivity index (χ0n) is 39.4. The second kappa shape index (κ2) is 18.2. The van der Waals surface area contributed by atoms with Gasteiger partial charge in [-0.25, -0.2) is 35.4 Å². The van der Waals surface area contributed by atoms with E-state index in [1.807, 2.05) is 64.1 Å². The van der Waals surface area contributed by atoms with Crippen molar-refractivity contribution in [2.45, 2.75) is 90.4 Å². The van der Waals surface area contributed by atoms with Gasteiger partial charge < -0.3 is 28.4 Å². The SMILES string of the molecule is Cc1noc(C)c1-c1ccc2c(c1)nc([C@H]1CCC(=O)N1)n2[C@@H]1CCN(S(C)(=O)=O)C1.Cc1noc(C)c1-c1ccc2c(c1)nc([C@H]1CCC(=O)N1c1cc(Cl)cc(Cl)c1)n2[C@@H]1CCN(S(C)(=O)=O)C1. The van der Waals surface area contributed by atoms with E-state index < -0.39 is 20.0 Å².